The van der Waals surface area contributed by atoms with Crippen LogP contribution in [0.3, 0.4) is 0 Å². The first-order valence-corrected chi connectivity index (χ1v) is 13.1. The summed E-state index contributed by atoms with van der Waals surface area (Å²) >= 11 is 3.46. The van der Waals surface area contributed by atoms with E-state index in [2.05, 4.69) is 15.9 Å². The molecule has 0 aromatic heterocycles. The number of hydrogen-bond donors (Lipinski definition) is 0. The molecule has 0 spiro atoms. The monoisotopic (exact) mass is 526 g/mol. The number of sulfonamides is 1. The molecule has 5 rings (SSSR count). The zero-order valence-corrected chi connectivity index (χ0v) is 20.3. The van der Waals surface area contributed by atoms with Crippen molar-refractivity contribution in [1.29, 1.82) is 0 Å². The Morgan fingerprint density at radius 2 is 1.55 bits per heavy atom. The molecule has 0 radical (unpaired) electrons. The van der Waals surface area contributed by atoms with Crippen molar-refractivity contribution in [2.75, 3.05) is 18.0 Å². The summed E-state index contributed by atoms with van der Waals surface area (Å²) in [6, 6.07) is 22.5. The number of halogens is 1. The molecule has 0 atom stereocenters. The Kier molecular flexibility index (Phi) is 5.99. The van der Waals surface area contributed by atoms with E-state index in [0.717, 1.165) is 26.9 Å². The summed E-state index contributed by atoms with van der Waals surface area (Å²) in [7, 11) is -3.60. The Bertz CT molecular complexity index is 1270. The highest BCUT2D eigenvalue weighted by Crippen LogP contribution is 2.34. The van der Waals surface area contributed by atoms with Gasteiger partial charge in [-0.25, -0.2) is 13.2 Å². The summed E-state index contributed by atoms with van der Waals surface area (Å²) in [5.41, 5.74) is 3.80. The fourth-order valence-corrected chi connectivity index (χ4v) is 6.38. The molecule has 0 N–H and O–H groups in total. The second-order valence-electron chi connectivity index (χ2n) is 8.22. The second kappa shape index (κ2) is 8.93. The van der Waals surface area contributed by atoms with Crippen molar-refractivity contribution in [1.82, 2.24) is 4.31 Å². The van der Waals surface area contributed by atoms with Gasteiger partial charge >= 0.3 is 6.09 Å². The van der Waals surface area contributed by atoms with Crippen molar-refractivity contribution < 1.29 is 17.9 Å². The molecule has 3 aromatic carbocycles. The van der Waals surface area contributed by atoms with E-state index in [1.807, 2.05) is 60.7 Å². The number of amides is 1. The van der Waals surface area contributed by atoms with Gasteiger partial charge in [0, 0.05) is 29.2 Å². The largest absolute Gasteiger partial charge is 0.444 e. The third-order valence-electron chi connectivity index (χ3n) is 6.24. The van der Waals surface area contributed by atoms with Crippen LogP contribution in [0.2, 0.25) is 0 Å². The second-order valence-corrected chi connectivity index (χ2v) is 11.1. The van der Waals surface area contributed by atoms with Crippen LogP contribution in [0.4, 0.5) is 10.5 Å². The topological polar surface area (TPSA) is 66.9 Å². The number of carbonyl (C=O) groups is 1. The van der Waals surface area contributed by atoms with Crippen molar-refractivity contribution in [3.8, 4) is 11.1 Å². The normalized spacial score (nSPS) is 17.5. The fourth-order valence-electron chi connectivity index (χ4n) is 4.50. The zero-order valence-electron chi connectivity index (χ0n) is 17.9. The van der Waals surface area contributed by atoms with Crippen molar-refractivity contribution in [3.63, 3.8) is 0 Å². The van der Waals surface area contributed by atoms with Crippen molar-refractivity contribution in [2.24, 2.45) is 0 Å². The van der Waals surface area contributed by atoms with Crippen LogP contribution in [0, 0.1) is 0 Å². The van der Waals surface area contributed by atoms with Gasteiger partial charge in [0.15, 0.2) is 0 Å². The Labute approximate surface area is 202 Å². The van der Waals surface area contributed by atoms with Crippen LogP contribution in [-0.4, -0.2) is 37.9 Å². The lowest BCUT2D eigenvalue weighted by molar-refractivity contribution is 0.135. The van der Waals surface area contributed by atoms with E-state index < -0.39 is 10.0 Å². The fraction of sp³-hybridized carbons (Fsp3) is 0.240. The SMILES string of the molecule is O=C1OCc2cc(Br)ccc2N1C1CCN(S(=O)(=O)c2ccc(-c3ccccc3)cc2)CC1. The van der Waals surface area contributed by atoms with Gasteiger partial charge in [0.25, 0.3) is 0 Å². The number of ether oxygens (including phenoxy) is 1. The summed E-state index contributed by atoms with van der Waals surface area (Å²) in [4.78, 5) is 14.5. The Morgan fingerprint density at radius 1 is 0.879 bits per heavy atom. The minimum absolute atomic E-state index is 0.107. The van der Waals surface area contributed by atoms with Gasteiger partial charge in [0.1, 0.15) is 6.61 Å². The van der Waals surface area contributed by atoms with Crippen LogP contribution < -0.4 is 4.90 Å². The van der Waals surface area contributed by atoms with E-state index in [1.54, 1.807) is 17.0 Å². The van der Waals surface area contributed by atoms with E-state index in [9.17, 15) is 13.2 Å². The first-order chi connectivity index (χ1) is 15.9. The number of carbonyl (C=O) groups excluding carboxylic acids is 1. The third kappa shape index (κ3) is 4.30. The van der Waals surface area contributed by atoms with Crippen molar-refractivity contribution >= 4 is 37.7 Å². The first-order valence-electron chi connectivity index (χ1n) is 10.8. The molecule has 0 saturated carbocycles. The first kappa shape index (κ1) is 22.1. The van der Waals surface area contributed by atoms with Gasteiger partial charge in [-0.3, -0.25) is 4.90 Å². The third-order valence-corrected chi connectivity index (χ3v) is 8.64. The smallest absolute Gasteiger partial charge is 0.414 e. The molecular weight excluding hydrogens is 504 g/mol. The highest BCUT2D eigenvalue weighted by atomic mass is 79.9. The molecule has 2 heterocycles. The summed E-state index contributed by atoms with van der Waals surface area (Å²) in [6.45, 7) is 0.947. The maximum Gasteiger partial charge on any atom is 0.414 e. The van der Waals surface area contributed by atoms with E-state index in [1.165, 1.54) is 4.31 Å². The zero-order chi connectivity index (χ0) is 23.0. The maximum atomic E-state index is 13.2. The van der Waals surface area contributed by atoms with E-state index in [-0.39, 0.29) is 23.6 Å². The Hall–Kier alpha value is -2.68. The number of fused-ring (bicyclic) bond motifs is 1. The average Bonchev–Trinajstić information content (AvgIpc) is 2.85. The highest BCUT2D eigenvalue weighted by molar-refractivity contribution is 9.10. The molecule has 170 valence electrons. The van der Waals surface area contributed by atoms with Gasteiger partial charge < -0.3 is 4.74 Å². The highest BCUT2D eigenvalue weighted by Gasteiger charge is 2.37. The summed E-state index contributed by atoms with van der Waals surface area (Å²) in [5, 5.41) is 0. The van der Waals surface area contributed by atoms with Gasteiger partial charge in [-0.05, 0) is 54.3 Å². The van der Waals surface area contributed by atoms with Crippen molar-refractivity contribution in [3.05, 3.63) is 82.8 Å². The molecule has 6 nitrogen and oxygen atoms in total. The molecule has 1 fully saturated rings. The molecule has 2 aliphatic rings. The molecule has 1 saturated heterocycles. The van der Waals surface area contributed by atoms with Crippen LogP contribution in [0.5, 0.6) is 0 Å². The summed E-state index contributed by atoms with van der Waals surface area (Å²) in [6.07, 6.45) is 0.723. The van der Waals surface area contributed by atoms with Crippen LogP contribution in [-0.2, 0) is 21.4 Å². The molecule has 33 heavy (non-hydrogen) atoms. The Morgan fingerprint density at radius 3 is 2.24 bits per heavy atom. The van der Waals surface area contributed by atoms with Crippen LogP contribution in [0.1, 0.15) is 18.4 Å². The van der Waals surface area contributed by atoms with Crippen LogP contribution >= 0.6 is 15.9 Å². The Balaban J connectivity index is 1.30. The number of anilines is 1. The predicted molar refractivity (Wildman–Crippen MR) is 130 cm³/mol. The van der Waals surface area contributed by atoms with Gasteiger partial charge in [0.05, 0.1) is 10.6 Å². The summed E-state index contributed by atoms with van der Waals surface area (Å²) in [5.74, 6) is 0. The molecule has 2 aliphatic heterocycles. The van der Waals surface area contributed by atoms with E-state index in [0.29, 0.717) is 25.9 Å². The lowest BCUT2D eigenvalue weighted by Crippen LogP contribution is -2.50. The maximum absolute atomic E-state index is 13.2. The molecule has 0 aliphatic carbocycles. The van der Waals surface area contributed by atoms with Crippen LogP contribution in [0.25, 0.3) is 11.1 Å². The number of nitrogens with zero attached hydrogens (tertiary/aromatic N) is 2. The van der Waals surface area contributed by atoms with Gasteiger partial charge in [0.2, 0.25) is 10.0 Å². The molecule has 0 unspecified atom stereocenters. The number of cyclic esters (lactones) is 1. The molecule has 3 aromatic rings. The molecule has 8 heteroatoms. The minimum atomic E-state index is -3.60. The average molecular weight is 527 g/mol. The lowest BCUT2D eigenvalue weighted by atomic mass is 10.0. The van der Waals surface area contributed by atoms with E-state index >= 15 is 0 Å². The predicted octanol–water partition coefficient (Wildman–Crippen LogP) is 5.43. The van der Waals surface area contributed by atoms with Gasteiger partial charge in [-0.1, -0.05) is 58.4 Å². The van der Waals surface area contributed by atoms with Gasteiger partial charge in [-0.2, -0.15) is 4.31 Å². The number of benzene rings is 3. The lowest BCUT2D eigenvalue weighted by Gasteiger charge is -2.39. The van der Waals surface area contributed by atoms with E-state index in [4.69, 9.17) is 4.74 Å². The number of rotatable bonds is 4. The quantitative estimate of drug-likeness (QED) is 0.454. The molecular formula is C25H23BrN2O4S. The number of hydrogen-bond acceptors (Lipinski definition) is 4. The number of piperidine rings is 1. The minimum Gasteiger partial charge on any atom is -0.444 e. The molecule has 0 bridgehead atoms. The summed E-state index contributed by atoms with van der Waals surface area (Å²) < 4.78 is 34.3. The van der Waals surface area contributed by atoms with Crippen LogP contribution in [0.15, 0.2) is 82.2 Å². The van der Waals surface area contributed by atoms with Crippen molar-refractivity contribution in [2.45, 2.75) is 30.4 Å². The molecule has 1 amide bonds. The van der Waals surface area contributed by atoms with Gasteiger partial charge in [-0.15, -0.1) is 0 Å². The standard InChI is InChI=1S/C25H23BrN2O4S/c26-21-8-11-24-20(16-21)17-32-25(29)28(24)22-12-14-27(15-13-22)33(30,31)23-9-6-19(7-10-23)18-4-2-1-3-5-18/h1-11,16,22H,12-15,17H2.